The van der Waals surface area contributed by atoms with E-state index < -0.39 is 0 Å². The van der Waals surface area contributed by atoms with Crippen LogP contribution in [0, 0.1) is 5.92 Å². The number of amides is 2. The predicted molar refractivity (Wildman–Crippen MR) is 90.7 cm³/mol. The Morgan fingerprint density at radius 1 is 1.25 bits per heavy atom. The van der Waals surface area contributed by atoms with E-state index >= 15 is 0 Å². The van der Waals surface area contributed by atoms with Gasteiger partial charge in [0.1, 0.15) is 5.69 Å². The molecule has 0 N–H and O–H groups in total. The summed E-state index contributed by atoms with van der Waals surface area (Å²) >= 11 is 0. The standard InChI is InChI=1S/C18H20N4O2/c1-21(2)18(24)16-11-19-10-14(20-16)8-13-9-17(23)22(12-13)15-6-4-3-5-7-15/h3-7,10-11,13H,8-9,12H2,1-2H3/t13-/m1/s1. The molecule has 0 saturated carbocycles. The molecule has 124 valence electrons. The lowest BCUT2D eigenvalue weighted by atomic mass is 10.0. The summed E-state index contributed by atoms with van der Waals surface area (Å²) in [6.07, 6.45) is 4.27. The Morgan fingerprint density at radius 2 is 2.00 bits per heavy atom. The third-order valence-corrected chi connectivity index (χ3v) is 4.08. The molecule has 24 heavy (non-hydrogen) atoms. The highest BCUT2D eigenvalue weighted by Gasteiger charge is 2.31. The van der Waals surface area contributed by atoms with E-state index in [1.165, 1.54) is 11.1 Å². The molecule has 0 spiro atoms. The van der Waals surface area contributed by atoms with Crippen molar-refractivity contribution in [1.82, 2.24) is 14.9 Å². The second-order valence-corrected chi connectivity index (χ2v) is 6.21. The van der Waals surface area contributed by atoms with Crippen molar-refractivity contribution < 1.29 is 9.59 Å². The molecular formula is C18H20N4O2. The molecule has 6 nitrogen and oxygen atoms in total. The summed E-state index contributed by atoms with van der Waals surface area (Å²) in [5.41, 5.74) is 2.00. The monoisotopic (exact) mass is 324 g/mol. The molecule has 1 saturated heterocycles. The van der Waals surface area contributed by atoms with Gasteiger partial charge in [-0.2, -0.15) is 0 Å². The first kappa shape index (κ1) is 16.1. The lowest BCUT2D eigenvalue weighted by molar-refractivity contribution is -0.117. The number of hydrogen-bond acceptors (Lipinski definition) is 4. The Labute approximate surface area is 141 Å². The van der Waals surface area contributed by atoms with E-state index in [-0.39, 0.29) is 17.7 Å². The van der Waals surface area contributed by atoms with Gasteiger partial charge in [0.15, 0.2) is 0 Å². The molecule has 2 amide bonds. The van der Waals surface area contributed by atoms with E-state index in [0.717, 1.165) is 11.4 Å². The number of hydrogen-bond donors (Lipinski definition) is 0. The van der Waals surface area contributed by atoms with E-state index in [0.29, 0.717) is 25.1 Å². The molecule has 1 fully saturated rings. The summed E-state index contributed by atoms with van der Waals surface area (Å²) in [6.45, 7) is 0.663. The van der Waals surface area contributed by atoms with Gasteiger partial charge in [0, 0.05) is 38.9 Å². The molecule has 6 heteroatoms. The van der Waals surface area contributed by atoms with Gasteiger partial charge in [0.05, 0.1) is 11.9 Å². The van der Waals surface area contributed by atoms with Gasteiger partial charge in [-0.25, -0.2) is 4.98 Å². The van der Waals surface area contributed by atoms with Crippen LogP contribution in [0.4, 0.5) is 5.69 Å². The fraction of sp³-hybridized carbons (Fsp3) is 0.333. The van der Waals surface area contributed by atoms with E-state index in [2.05, 4.69) is 9.97 Å². The minimum absolute atomic E-state index is 0.125. The van der Waals surface area contributed by atoms with Crippen molar-refractivity contribution in [2.45, 2.75) is 12.8 Å². The third-order valence-electron chi connectivity index (χ3n) is 4.08. The average Bonchev–Trinajstić information content (AvgIpc) is 2.95. The van der Waals surface area contributed by atoms with Crippen LogP contribution in [0.25, 0.3) is 0 Å². The molecule has 1 aliphatic rings. The second kappa shape index (κ2) is 6.78. The number of benzene rings is 1. The van der Waals surface area contributed by atoms with Crippen LogP contribution < -0.4 is 4.90 Å². The lowest BCUT2D eigenvalue weighted by Gasteiger charge is -2.16. The van der Waals surface area contributed by atoms with Gasteiger partial charge in [-0.1, -0.05) is 18.2 Å². The molecule has 1 aromatic carbocycles. The van der Waals surface area contributed by atoms with Crippen LogP contribution in [0.1, 0.15) is 22.6 Å². The normalized spacial score (nSPS) is 17.2. The first-order chi connectivity index (χ1) is 11.5. The van der Waals surface area contributed by atoms with Crippen molar-refractivity contribution in [3.05, 3.63) is 54.1 Å². The van der Waals surface area contributed by atoms with Crippen molar-refractivity contribution in [2.24, 2.45) is 5.92 Å². The number of anilines is 1. The van der Waals surface area contributed by atoms with Gasteiger partial charge < -0.3 is 9.80 Å². The zero-order chi connectivity index (χ0) is 17.1. The summed E-state index contributed by atoms with van der Waals surface area (Å²) in [6, 6.07) is 9.67. The molecule has 1 atom stereocenters. The van der Waals surface area contributed by atoms with Crippen molar-refractivity contribution in [1.29, 1.82) is 0 Å². The molecule has 3 rings (SSSR count). The van der Waals surface area contributed by atoms with Crippen molar-refractivity contribution in [3.8, 4) is 0 Å². The summed E-state index contributed by atoms with van der Waals surface area (Å²) in [5, 5.41) is 0. The van der Waals surface area contributed by atoms with E-state index in [9.17, 15) is 9.59 Å². The van der Waals surface area contributed by atoms with Gasteiger partial charge in [0.25, 0.3) is 5.91 Å². The maximum Gasteiger partial charge on any atom is 0.273 e. The number of aromatic nitrogens is 2. The molecule has 0 bridgehead atoms. The van der Waals surface area contributed by atoms with Crippen LogP contribution >= 0.6 is 0 Å². The lowest BCUT2D eigenvalue weighted by Crippen LogP contribution is -2.25. The van der Waals surface area contributed by atoms with Crippen LogP contribution in [-0.4, -0.2) is 47.3 Å². The molecule has 1 aromatic heterocycles. The zero-order valence-electron chi connectivity index (χ0n) is 13.8. The molecule has 1 aliphatic heterocycles. The summed E-state index contributed by atoms with van der Waals surface area (Å²) in [7, 11) is 3.37. The number of carbonyl (C=O) groups is 2. The number of para-hydroxylation sites is 1. The van der Waals surface area contributed by atoms with Gasteiger partial charge >= 0.3 is 0 Å². The highest BCUT2D eigenvalue weighted by molar-refractivity contribution is 5.95. The highest BCUT2D eigenvalue weighted by Crippen LogP contribution is 2.26. The quantitative estimate of drug-likeness (QED) is 0.860. The maximum atomic E-state index is 12.3. The number of rotatable bonds is 4. The Kier molecular flexibility index (Phi) is 4.55. The van der Waals surface area contributed by atoms with E-state index in [4.69, 9.17) is 0 Å². The minimum atomic E-state index is -0.169. The Hall–Kier alpha value is -2.76. The fourth-order valence-corrected chi connectivity index (χ4v) is 2.91. The van der Waals surface area contributed by atoms with Crippen molar-refractivity contribution in [2.75, 3.05) is 25.5 Å². The van der Waals surface area contributed by atoms with Crippen LogP contribution in [0.5, 0.6) is 0 Å². The van der Waals surface area contributed by atoms with Gasteiger partial charge in [-0.05, 0) is 24.5 Å². The first-order valence-electron chi connectivity index (χ1n) is 7.92. The van der Waals surface area contributed by atoms with Crippen LogP contribution in [0.15, 0.2) is 42.7 Å². The smallest absolute Gasteiger partial charge is 0.273 e. The van der Waals surface area contributed by atoms with Crippen molar-refractivity contribution >= 4 is 17.5 Å². The van der Waals surface area contributed by atoms with Gasteiger partial charge in [-0.3, -0.25) is 14.6 Å². The second-order valence-electron chi connectivity index (χ2n) is 6.21. The third kappa shape index (κ3) is 3.42. The van der Waals surface area contributed by atoms with Gasteiger partial charge in [0.2, 0.25) is 5.91 Å². The summed E-state index contributed by atoms with van der Waals surface area (Å²) < 4.78 is 0. The number of carbonyl (C=O) groups excluding carboxylic acids is 2. The van der Waals surface area contributed by atoms with Crippen molar-refractivity contribution in [3.63, 3.8) is 0 Å². The van der Waals surface area contributed by atoms with E-state index in [1.54, 1.807) is 20.3 Å². The fourth-order valence-electron chi connectivity index (χ4n) is 2.91. The minimum Gasteiger partial charge on any atom is -0.343 e. The largest absolute Gasteiger partial charge is 0.343 e. The molecule has 0 unspecified atom stereocenters. The molecule has 0 radical (unpaired) electrons. The Balaban J connectivity index is 1.70. The SMILES string of the molecule is CN(C)C(=O)c1cncc(C[C@@H]2CC(=O)N(c3ccccc3)C2)n1. The van der Waals surface area contributed by atoms with Crippen LogP contribution in [0.3, 0.4) is 0 Å². The Bertz CT molecular complexity index is 746. The molecule has 2 heterocycles. The zero-order valence-corrected chi connectivity index (χ0v) is 13.8. The summed E-state index contributed by atoms with van der Waals surface area (Å²) in [4.78, 5) is 36.1. The molecule has 0 aliphatic carbocycles. The number of nitrogens with zero attached hydrogens (tertiary/aromatic N) is 4. The topological polar surface area (TPSA) is 66.4 Å². The van der Waals surface area contributed by atoms with Gasteiger partial charge in [-0.15, -0.1) is 0 Å². The van der Waals surface area contributed by atoms with Crippen LogP contribution in [-0.2, 0) is 11.2 Å². The highest BCUT2D eigenvalue weighted by atomic mass is 16.2. The van der Waals surface area contributed by atoms with Crippen LogP contribution in [0.2, 0.25) is 0 Å². The first-order valence-corrected chi connectivity index (χ1v) is 7.92. The van der Waals surface area contributed by atoms with E-state index in [1.807, 2.05) is 35.2 Å². The predicted octanol–water partition coefficient (Wildman–Crippen LogP) is 1.77. The Morgan fingerprint density at radius 3 is 2.71 bits per heavy atom. The summed E-state index contributed by atoms with van der Waals surface area (Å²) in [5.74, 6) is 0.133. The molecule has 2 aromatic rings. The molecular weight excluding hydrogens is 304 g/mol. The maximum absolute atomic E-state index is 12.3. The average molecular weight is 324 g/mol.